The molecule has 0 amide bonds. The van der Waals surface area contributed by atoms with Gasteiger partial charge >= 0.3 is 0 Å². The van der Waals surface area contributed by atoms with Crippen LogP contribution in [0.5, 0.6) is 5.75 Å². The highest BCUT2D eigenvalue weighted by Gasteiger charge is 2.17. The Kier molecular flexibility index (Phi) is 4.91. The predicted molar refractivity (Wildman–Crippen MR) is 81.8 cm³/mol. The van der Waals surface area contributed by atoms with E-state index in [4.69, 9.17) is 5.26 Å². The number of carbonyl (C=O) groups is 1. The molecule has 1 heterocycles. The van der Waals surface area contributed by atoms with Crippen molar-refractivity contribution in [3.63, 3.8) is 0 Å². The van der Waals surface area contributed by atoms with Gasteiger partial charge in [-0.05, 0) is 30.7 Å². The van der Waals surface area contributed by atoms with Gasteiger partial charge < -0.3 is 9.67 Å². The minimum absolute atomic E-state index is 0.0538. The van der Waals surface area contributed by atoms with E-state index in [0.717, 1.165) is 30.7 Å². The molecule has 1 aromatic heterocycles. The summed E-state index contributed by atoms with van der Waals surface area (Å²) in [4.78, 5) is 24.5. The number of nitrogens with zero attached hydrogens (tertiary/aromatic N) is 2. The summed E-state index contributed by atoms with van der Waals surface area (Å²) < 4.78 is 14.6. The van der Waals surface area contributed by atoms with Gasteiger partial charge in [-0.3, -0.25) is 9.59 Å². The normalized spacial score (nSPS) is 10.3. The number of aromatic hydroxyl groups is 1. The summed E-state index contributed by atoms with van der Waals surface area (Å²) >= 11 is 0. The maximum Gasteiger partial charge on any atom is 0.268 e. The molecule has 0 radical (unpaired) electrons. The second-order valence-electron chi connectivity index (χ2n) is 5.10. The lowest BCUT2D eigenvalue weighted by Gasteiger charge is -2.09. The first kappa shape index (κ1) is 16.4. The molecule has 0 aliphatic rings. The average Bonchev–Trinajstić information content (AvgIpc) is 2.55. The van der Waals surface area contributed by atoms with Crippen molar-refractivity contribution >= 4 is 5.78 Å². The number of pyridine rings is 1. The Balaban J connectivity index is 2.54. The third-order valence-corrected chi connectivity index (χ3v) is 3.42. The lowest BCUT2D eigenvalue weighted by Crippen LogP contribution is -2.24. The van der Waals surface area contributed by atoms with Gasteiger partial charge in [-0.15, -0.1) is 0 Å². The van der Waals surface area contributed by atoms with Gasteiger partial charge in [0.15, 0.2) is 5.78 Å². The zero-order valence-electron chi connectivity index (χ0n) is 12.5. The van der Waals surface area contributed by atoms with Crippen molar-refractivity contribution in [2.24, 2.45) is 0 Å². The summed E-state index contributed by atoms with van der Waals surface area (Å²) in [7, 11) is 0. The summed E-state index contributed by atoms with van der Waals surface area (Å²) in [5.74, 6) is -1.67. The number of unbranched alkanes of at least 4 members (excludes halogenated alkanes) is 1. The molecule has 0 saturated heterocycles. The molecule has 2 rings (SSSR count). The molecule has 5 nitrogen and oxygen atoms in total. The SMILES string of the molecule is CCCCn1cc(C(=O)c2cc(F)ccc2O)cc(C#N)c1=O. The third-order valence-electron chi connectivity index (χ3n) is 3.42. The molecule has 6 heteroatoms. The van der Waals surface area contributed by atoms with Crippen LogP contribution >= 0.6 is 0 Å². The van der Waals surface area contributed by atoms with E-state index in [9.17, 15) is 19.1 Å². The second kappa shape index (κ2) is 6.88. The quantitative estimate of drug-likeness (QED) is 0.860. The predicted octanol–water partition coefficient (Wildman–Crippen LogP) is 2.60. The molecule has 0 bridgehead atoms. The van der Waals surface area contributed by atoms with Crippen molar-refractivity contribution in [3.05, 3.63) is 63.3 Å². The van der Waals surface area contributed by atoms with Crippen molar-refractivity contribution in [3.8, 4) is 11.8 Å². The zero-order chi connectivity index (χ0) is 17.0. The van der Waals surface area contributed by atoms with Crippen LogP contribution in [0.4, 0.5) is 4.39 Å². The number of halogens is 1. The minimum atomic E-state index is -0.661. The number of phenols is 1. The Hall–Kier alpha value is -2.94. The number of aryl methyl sites for hydroxylation is 1. The van der Waals surface area contributed by atoms with Crippen LogP contribution < -0.4 is 5.56 Å². The monoisotopic (exact) mass is 314 g/mol. The van der Waals surface area contributed by atoms with E-state index in [1.54, 1.807) is 6.07 Å². The van der Waals surface area contributed by atoms with Crippen molar-refractivity contribution < 1.29 is 14.3 Å². The first-order valence-electron chi connectivity index (χ1n) is 7.15. The maximum absolute atomic E-state index is 13.3. The lowest BCUT2D eigenvalue weighted by atomic mass is 10.0. The smallest absolute Gasteiger partial charge is 0.268 e. The van der Waals surface area contributed by atoms with E-state index in [1.807, 2.05) is 6.92 Å². The molecule has 1 aromatic carbocycles. The fraction of sp³-hybridized carbons (Fsp3) is 0.235. The number of carbonyl (C=O) groups excluding carboxylic acids is 1. The van der Waals surface area contributed by atoms with E-state index in [2.05, 4.69) is 0 Å². The third kappa shape index (κ3) is 3.46. The van der Waals surface area contributed by atoms with Crippen LogP contribution in [-0.4, -0.2) is 15.5 Å². The molecular weight excluding hydrogens is 299 g/mol. The number of hydrogen-bond donors (Lipinski definition) is 1. The summed E-state index contributed by atoms with van der Waals surface area (Å²) in [6.45, 7) is 2.33. The Morgan fingerprint density at radius 1 is 1.39 bits per heavy atom. The molecule has 0 aliphatic carbocycles. The van der Waals surface area contributed by atoms with Crippen LogP contribution in [0.25, 0.3) is 0 Å². The van der Waals surface area contributed by atoms with E-state index in [1.165, 1.54) is 10.8 Å². The molecule has 0 saturated carbocycles. The molecule has 0 spiro atoms. The summed E-state index contributed by atoms with van der Waals surface area (Å²) in [5.41, 5.74) is -0.795. The van der Waals surface area contributed by atoms with E-state index in [0.29, 0.717) is 13.0 Å². The number of phenolic OH excluding ortho intramolecular Hbond substituents is 1. The molecule has 0 atom stereocenters. The van der Waals surface area contributed by atoms with Crippen LogP contribution in [0.15, 0.2) is 35.3 Å². The number of aromatic nitrogens is 1. The Bertz CT molecular complexity index is 850. The second-order valence-corrected chi connectivity index (χ2v) is 5.10. The number of hydrogen-bond acceptors (Lipinski definition) is 4. The van der Waals surface area contributed by atoms with Crippen molar-refractivity contribution in [1.29, 1.82) is 5.26 Å². The number of benzene rings is 1. The Morgan fingerprint density at radius 3 is 2.78 bits per heavy atom. The van der Waals surface area contributed by atoms with Gasteiger partial charge in [-0.1, -0.05) is 13.3 Å². The van der Waals surface area contributed by atoms with Gasteiger partial charge in [0.1, 0.15) is 23.2 Å². The Morgan fingerprint density at radius 2 is 2.13 bits per heavy atom. The van der Waals surface area contributed by atoms with Crippen LogP contribution in [0.3, 0.4) is 0 Å². The summed E-state index contributed by atoms with van der Waals surface area (Å²) in [6.07, 6.45) is 2.90. The first-order chi connectivity index (χ1) is 11.0. The van der Waals surface area contributed by atoms with E-state index < -0.39 is 17.2 Å². The topological polar surface area (TPSA) is 83.1 Å². The molecule has 1 N–H and O–H groups in total. The Labute approximate surface area is 132 Å². The molecule has 0 unspecified atom stereocenters. The van der Waals surface area contributed by atoms with Crippen molar-refractivity contribution in [2.45, 2.75) is 26.3 Å². The number of nitriles is 1. The van der Waals surface area contributed by atoms with Crippen molar-refractivity contribution in [2.75, 3.05) is 0 Å². The zero-order valence-corrected chi connectivity index (χ0v) is 12.5. The van der Waals surface area contributed by atoms with Gasteiger partial charge in [-0.25, -0.2) is 4.39 Å². The molecule has 2 aromatic rings. The molecule has 0 fully saturated rings. The standard InChI is InChI=1S/C17H15FN2O3/c1-2-3-6-20-10-12(7-11(9-19)17(20)23)16(22)14-8-13(18)4-5-15(14)21/h4-5,7-8,10,21H,2-3,6H2,1H3. The van der Waals surface area contributed by atoms with Gasteiger partial charge in [0.25, 0.3) is 5.56 Å². The molecular formula is C17H15FN2O3. The number of rotatable bonds is 5. The number of ketones is 1. The van der Waals surface area contributed by atoms with Crippen LogP contribution in [0.1, 0.15) is 41.3 Å². The highest BCUT2D eigenvalue weighted by molar-refractivity contribution is 6.10. The van der Waals surface area contributed by atoms with Crippen molar-refractivity contribution in [1.82, 2.24) is 4.57 Å². The van der Waals surface area contributed by atoms with Gasteiger partial charge in [0.2, 0.25) is 0 Å². The molecule has 0 aliphatic heterocycles. The minimum Gasteiger partial charge on any atom is -0.507 e. The summed E-state index contributed by atoms with van der Waals surface area (Å²) in [6, 6.07) is 5.97. The van der Waals surface area contributed by atoms with Gasteiger partial charge in [0.05, 0.1) is 5.56 Å². The largest absolute Gasteiger partial charge is 0.507 e. The van der Waals surface area contributed by atoms with Crippen LogP contribution in [-0.2, 0) is 6.54 Å². The van der Waals surface area contributed by atoms with E-state index >= 15 is 0 Å². The summed E-state index contributed by atoms with van der Waals surface area (Å²) in [5, 5.41) is 18.8. The molecule has 118 valence electrons. The average molecular weight is 314 g/mol. The fourth-order valence-electron chi connectivity index (χ4n) is 2.18. The molecule has 23 heavy (non-hydrogen) atoms. The van der Waals surface area contributed by atoms with Crippen LogP contribution in [0.2, 0.25) is 0 Å². The fourth-order valence-corrected chi connectivity index (χ4v) is 2.18. The first-order valence-corrected chi connectivity index (χ1v) is 7.15. The van der Waals surface area contributed by atoms with Gasteiger partial charge in [-0.2, -0.15) is 5.26 Å². The maximum atomic E-state index is 13.3. The van der Waals surface area contributed by atoms with E-state index in [-0.39, 0.29) is 22.4 Å². The lowest BCUT2D eigenvalue weighted by molar-refractivity contribution is 0.103. The van der Waals surface area contributed by atoms with Crippen LogP contribution in [0, 0.1) is 17.1 Å². The highest BCUT2D eigenvalue weighted by atomic mass is 19.1. The van der Waals surface area contributed by atoms with Gasteiger partial charge in [0, 0.05) is 18.3 Å². The highest BCUT2D eigenvalue weighted by Crippen LogP contribution is 2.21.